The van der Waals surface area contributed by atoms with Gasteiger partial charge in [0.2, 0.25) is 5.91 Å². The zero-order valence-electron chi connectivity index (χ0n) is 20.4. The zero-order valence-corrected chi connectivity index (χ0v) is 21.2. The maximum atomic E-state index is 12.6. The first-order chi connectivity index (χ1) is 16.7. The van der Waals surface area contributed by atoms with Crippen LogP contribution in [0.2, 0.25) is 0 Å². The number of carbonyl (C=O) groups excluding carboxylic acids is 2. The molecule has 188 valence electrons. The van der Waals surface area contributed by atoms with Crippen LogP contribution in [0, 0.1) is 6.92 Å². The minimum atomic E-state index is -3.53. The third kappa shape index (κ3) is 7.65. The van der Waals surface area contributed by atoms with Gasteiger partial charge in [-0.1, -0.05) is 48.4 Å². The highest BCUT2D eigenvalue weighted by Crippen LogP contribution is 2.22. The number of hydrogen-bond acceptors (Lipinski definition) is 6. The number of nitrogens with zero attached hydrogens (tertiary/aromatic N) is 1. The number of amidine groups is 1. The summed E-state index contributed by atoms with van der Waals surface area (Å²) in [6, 6.07) is 14.0. The van der Waals surface area contributed by atoms with Crippen LogP contribution >= 0.6 is 0 Å². The molecule has 0 bridgehead atoms. The third-order valence-corrected chi connectivity index (χ3v) is 6.94. The summed E-state index contributed by atoms with van der Waals surface area (Å²) in [5, 5.41) is 2.97. The molecule has 0 saturated heterocycles. The average Bonchev–Trinajstić information content (AvgIpc) is 3.06. The molecular formula is C26H33N3O5S. The van der Waals surface area contributed by atoms with Gasteiger partial charge in [0.05, 0.1) is 23.5 Å². The lowest BCUT2D eigenvalue weighted by molar-refractivity contribution is -0.148. The van der Waals surface area contributed by atoms with E-state index in [4.69, 9.17) is 4.74 Å². The number of fused-ring (bicyclic) bond motifs is 1. The highest BCUT2D eigenvalue weighted by atomic mass is 32.2. The van der Waals surface area contributed by atoms with Crippen molar-refractivity contribution >= 4 is 27.7 Å². The molecule has 1 unspecified atom stereocenters. The molecule has 2 N–H and O–H groups in total. The fraction of sp³-hybridized carbons (Fsp3) is 0.423. The second kappa shape index (κ2) is 12.0. The smallest absolute Gasteiger partial charge is 0.308 e. The largest absolute Gasteiger partial charge is 0.463 e. The Morgan fingerprint density at radius 3 is 2.46 bits per heavy atom. The van der Waals surface area contributed by atoms with Gasteiger partial charge in [0.1, 0.15) is 5.84 Å². The molecular weight excluding hydrogens is 466 g/mol. The van der Waals surface area contributed by atoms with E-state index in [1.54, 1.807) is 38.1 Å². The molecule has 0 spiro atoms. The van der Waals surface area contributed by atoms with E-state index in [-0.39, 0.29) is 29.3 Å². The SMILES string of the molecule is Cc1ccc(C(CC(=O)OC(C)C)NC(=O)CCCCCN=C2NS(=O)(=O)c3ccccc32)cc1. The number of aliphatic imine (C=N–C) groups is 1. The number of aryl methyl sites for hydroxylation is 1. The van der Waals surface area contributed by atoms with Gasteiger partial charge in [-0.05, 0) is 51.3 Å². The summed E-state index contributed by atoms with van der Waals surface area (Å²) >= 11 is 0. The van der Waals surface area contributed by atoms with Gasteiger partial charge < -0.3 is 10.1 Å². The number of nitrogens with one attached hydrogen (secondary N) is 2. The second-order valence-corrected chi connectivity index (χ2v) is 10.6. The minimum absolute atomic E-state index is 0.0713. The van der Waals surface area contributed by atoms with Crippen LogP contribution in [0.5, 0.6) is 0 Å². The molecule has 2 aromatic carbocycles. The fourth-order valence-corrected chi connectivity index (χ4v) is 5.06. The monoisotopic (exact) mass is 499 g/mol. The molecule has 1 aliphatic rings. The average molecular weight is 500 g/mol. The molecule has 0 radical (unpaired) electrons. The van der Waals surface area contributed by atoms with Crippen molar-refractivity contribution in [3.8, 4) is 0 Å². The second-order valence-electron chi connectivity index (χ2n) is 8.92. The number of ether oxygens (including phenoxy) is 1. The maximum Gasteiger partial charge on any atom is 0.308 e. The van der Waals surface area contributed by atoms with Crippen molar-refractivity contribution < 1.29 is 22.7 Å². The quantitative estimate of drug-likeness (QED) is 0.361. The lowest BCUT2D eigenvalue weighted by Crippen LogP contribution is -2.31. The number of esters is 1. The summed E-state index contributed by atoms with van der Waals surface area (Å²) in [5.41, 5.74) is 2.55. The van der Waals surface area contributed by atoms with Crippen molar-refractivity contribution in [2.24, 2.45) is 4.99 Å². The molecule has 0 saturated carbocycles. The van der Waals surface area contributed by atoms with E-state index < -0.39 is 16.1 Å². The molecule has 1 heterocycles. The number of unbranched alkanes of at least 4 members (excludes halogenated alkanes) is 2. The van der Waals surface area contributed by atoms with Crippen LogP contribution in [-0.4, -0.2) is 38.8 Å². The number of sulfonamides is 1. The van der Waals surface area contributed by atoms with Crippen LogP contribution in [-0.2, 0) is 24.3 Å². The lowest BCUT2D eigenvalue weighted by atomic mass is 10.0. The Bertz CT molecular complexity index is 1170. The predicted octanol–water partition coefficient (Wildman–Crippen LogP) is 3.79. The minimum Gasteiger partial charge on any atom is -0.463 e. The zero-order chi connectivity index (χ0) is 25.4. The molecule has 8 nitrogen and oxygen atoms in total. The van der Waals surface area contributed by atoms with E-state index in [1.807, 2.05) is 31.2 Å². The first kappa shape index (κ1) is 26.4. The predicted molar refractivity (Wildman–Crippen MR) is 135 cm³/mol. The van der Waals surface area contributed by atoms with Crippen molar-refractivity contribution in [1.29, 1.82) is 0 Å². The molecule has 2 aromatic rings. The molecule has 1 amide bonds. The van der Waals surface area contributed by atoms with Gasteiger partial charge in [0, 0.05) is 18.5 Å². The molecule has 1 aliphatic heterocycles. The highest BCUT2D eigenvalue weighted by Gasteiger charge is 2.29. The van der Waals surface area contributed by atoms with E-state index in [2.05, 4.69) is 15.0 Å². The summed E-state index contributed by atoms with van der Waals surface area (Å²) < 4.78 is 32.0. The number of amides is 1. The Kier molecular flexibility index (Phi) is 9.03. The molecule has 1 atom stereocenters. The Balaban J connectivity index is 1.47. The van der Waals surface area contributed by atoms with Crippen molar-refractivity contribution in [2.45, 2.75) is 69.9 Å². The molecule has 35 heavy (non-hydrogen) atoms. The van der Waals surface area contributed by atoms with E-state index in [0.29, 0.717) is 30.8 Å². The molecule has 3 rings (SSSR count). The van der Waals surface area contributed by atoms with Crippen LogP contribution in [0.15, 0.2) is 58.4 Å². The van der Waals surface area contributed by atoms with E-state index in [0.717, 1.165) is 24.0 Å². The van der Waals surface area contributed by atoms with Crippen molar-refractivity contribution in [3.63, 3.8) is 0 Å². The molecule has 0 aliphatic carbocycles. The molecule has 0 fully saturated rings. The summed E-state index contributed by atoms with van der Waals surface area (Å²) in [6.07, 6.45) is 2.34. The Morgan fingerprint density at radius 1 is 1.03 bits per heavy atom. The van der Waals surface area contributed by atoms with Crippen molar-refractivity contribution in [1.82, 2.24) is 10.0 Å². The normalized spacial score (nSPS) is 15.9. The van der Waals surface area contributed by atoms with Crippen LogP contribution < -0.4 is 10.0 Å². The summed E-state index contributed by atoms with van der Waals surface area (Å²) in [6.45, 7) is 6.03. The van der Waals surface area contributed by atoms with Crippen LogP contribution in [0.3, 0.4) is 0 Å². The van der Waals surface area contributed by atoms with Gasteiger partial charge in [0.25, 0.3) is 10.0 Å². The maximum absolute atomic E-state index is 12.6. The number of benzene rings is 2. The third-order valence-electron chi connectivity index (χ3n) is 5.55. The summed E-state index contributed by atoms with van der Waals surface area (Å²) in [4.78, 5) is 29.4. The van der Waals surface area contributed by atoms with Gasteiger partial charge in [-0.15, -0.1) is 0 Å². The van der Waals surface area contributed by atoms with Crippen molar-refractivity contribution in [3.05, 3.63) is 65.2 Å². The van der Waals surface area contributed by atoms with Crippen molar-refractivity contribution in [2.75, 3.05) is 6.54 Å². The van der Waals surface area contributed by atoms with Crippen LogP contribution in [0.4, 0.5) is 0 Å². The molecule has 9 heteroatoms. The Hall–Kier alpha value is -3.20. The first-order valence-electron chi connectivity index (χ1n) is 11.9. The van der Waals surface area contributed by atoms with Gasteiger partial charge >= 0.3 is 5.97 Å². The van der Waals surface area contributed by atoms with E-state index >= 15 is 0 Å². The fourth-order valence-electron chi connectivity index (χ4n) is 3.81. The number of rotatable bonds is 11. The Labute approximate surface area is 207 Å². The van der Waals surface area contributed by atoms with Gasteiger partial charge in [-0.2, -0.15) is 0 Å². The summed E-state index contributed by atoms with van der Waals surface area (Å²) in [7, 11) is -3.53. The molecule has 0 aromatic heterocycles. The number of hydrogen-bond donors (Lipinski definition) is 2. The standard InChI is InChI=1S/C26H33N3O5S/c1-18(2)34-25(31)17-22(20-14-12-19(3)13-15-20)28-24(30)11-5-4-8-16-27-26-21-9-6-7-10-23(21)35(32,33)29-26/h6-7,9-10,12-15,18,22H,4-5,8,11,16-17H2,1-3H3,(H,27,29)(H,28,30). The van der Waals surface area contributed by atoms with Gasteiger partial charge in [-0.3, -0.25) is 19.3 Å². The van der Waals surface area contributed by atoms with E-state index in [9.17, 15) is 18.0 Å². The lowest BCUT2D eigenvalue weighted by Gasteiger charge is -2.19. The van der Waals surface area contributed by atoms with E-state index in [1.165, 1.54) is 0 Å². The first-order valence-corrected chi connectivity index (χ1v) is 13.4. The van der Waals surface area contributed by atoms with Gasteiger partial charge in [-0.25, -0.2) is 8.42 Å². The van der Waals surface area contributed by atoms with Crippen LogP contribution in [0.25, 0.3) is 0 Å². The topological polar surface area (TPSA) is 114 Å². The van der Waals surface area contributed by atoms with Crippen LogP contribution in [0.1, 0.15) is 68.7 Å². The number of carbonyl (C=O) groups is 2. The van der Waals surface area contributed by atoms with Gasteiger partial charge in [0.15, 0.2) is 0 Å². The highest BCUT2D eigenvalue weighted by molar-refractivity contribution is 7.90. The summed E-state index contributed by atoms with van der Waals surface area (Å²) in [5.74, 6) is -0.113. The Morgan fingerprint density at radius 2 is 1.74 bits per heavy atom.